The summed E-state index contributed by atoms with van der Waals surface area (Å²) in [7, 11) is -3.67. The van der Waals surface area contributed by atoms with Crippen LogP contribution in [-0.4, -0.2) is 74.9 Å². The number of piperidine rings is 1. The van der Waals surface area contributed by atoms with Crippen LogP contribution in [0, 0.1) is 0 Å². The van der Waals surface area contributed by atoms with E-state index in [-0.39, 0.29) is 22.8 Å². The van der Waals surface area contributed by atoms with Gasteiger partial charge in [0.2, 0.25) is 10.0 Å². The highest BCUT2D eigenvalue weighted by atomic mass is 32.2. The molecule has 1 N–H and O–H groups in total. The number of furan rings is 1. The van der Waals surface area contributed by atoms with E-state index in [1.807, 2.05) is 0 Å². The van der Waals surface area contributed by atoms with Crippen LogP contribution in [0.25, 0.3) is 0 Å². The second-order valence-electron chi connectivity index (χ2n) is 7.56. The number of nitrogens with one attached hydrogen (secondary N) is 1. The average molecular weight is 448 g/mol. The van der Waals surface area contributed by atoms with E-state index in [1.54, 1.807) is 29.2 Å². The van der Waals surface area contributed by atoms with Gasteiger partial charge >= 0.3 is 0 Å². The number of rotatable bonds is 5. The lowest BCUT2D eigenvalue weighted by molar-refractivity contribution is 0.0667. The first-order valence-electron chi connectivity index (χ1n) is 10.3. The van der Waals surface area contributed by atoms with Gasteiger partial charge in [0, 0.05) is 37.8 Å². The number of nitrogens with zero attached hydrogens (tertiary/aromatic N) is 2. The van der Waals surface area contributed by atoms with Gasteiger partial charge in [-0.05, 0) is 43.2 Å². The van der Waals surface area contributed by atoms with Crippen molar-refractivity contribution < 1.29 is 27.2 Å². The number of amides is 2. The monoisotopic (exact) mass is 447 g/mol. The molecule has 0 atom stereocenters. The third-order valence-corrected chi connectivity index (χ3v) is 7.45. The Hall–Kier alpha value is -2.69. The predicted molar refractivity (Wildman–Crippen MR) is 111 cm³/mol. The summed E-state index contributed by atoms with van der Waals surface area (Å²) in [4.78, 5) is 26.9. The minimum absolute atomic E-state index is 0.0901. The van der Waals surface area contributed by atoms with Gasteiger partial charge in [0.05, 0.1) is 24.4 Å². The van der Waals surface area contributed by atoms with Crippen molar-refractivity contribution in [1.29, 1.82) is 0 Å². The van der Waals surface area contributed by atoms with Crippen molar-refractivity contribution in [2.24, 2.45) is 0 Å². The smallest absolute Gasteiger partial charge is 0.289 e. The summed E-state index contributed by atoms with van der Waals surface area (Å²) in [6.45, 7) is 2.34. The fourth-order valence-corrected chi connectivity index (χ4v) is 5.24. The molecule has 2 aliphatic rings. The van der Waals surface area contributed by atoms with Crippen molar-refractivity contribution in [3.8, 4) is 0 Å². The van der Waals surface area contributed by atoms with Crippen LogP contribution in [0.4, 0.5) is 0 Å². The predicted octanol–water partition coefficient (Wildman–Crippen LogP) is 1.34. The van der Waals surface area contributed by atoms with Crippen molar-refractivity contribution in [1.82, 2.24) is 14.5 Å². The summed E-state index contributed by atoms with van der Waals surface area (Å²) in [5, 5.41) is 2.96. The van der Waals surface area contributed by atoms with E-state index < -0.39 is 10.0 Å². The molecule has 9 nitrogen and oxygen atoms in total. The summed E-state index contributed by atoms with van der Waals surface area (Å²) in [6, 6.07) is 9.31. The first-order chi connectivity index (χ1) is 14.9. The third-order valence-electron chi connectivity index (χ3n) is 5.55. The minimum atomic E-state index is -3.67. The topological polar surface area (TPSA) is 109 Å². The highest BCUT2D eigenvalue weighted by Crippen LogP contribution is 2.19. The maximum atomic E-state index is 12.8. The Morgan fingerprint density at radius 2 is 1.74 bits per heavy atom. The van der Waals surface area contributed by atoms with Crippen LogP contribution in [0.1, 0.15) is 33.8 Å². The average Bonchev–Trinajstić information content (AvgIpc) is 3.35. The Bertz CT molecular complexity index is 1020. The number of hydrogen-bond donors (Lipinski definition) is 1. The second kappa shape index (κ2) is 9.21. The van der Waals surface area contributed by atoms with Crippen LogP contribution >= 0.6 is 0 Å². The quantitative estimate of drug-likeness (QED) is 0.741. The van der Waals surface area contributed by atoms with Crippen LogP contribution in [0.15, 0.2) is 52.0 Å². The lowest BCUT2D eigenvalue weighted by Crippen LogP contribution is -2.46. The van der Waals surface area contributed by atoms with Gasteiger partial charge in [0.15, 0.2) is 5.76 Å². The van der Waals surface area contributed by atoms with Crippen molar-refractivity contribution >= 4 is 21.8 Å². The number of hydrogen-bond acceptors (Lipinski definition) is 6. The summed E-state index contributed by atoms with van der Waals surface area (Å²) in [6.07, 6.45) is 2.70. The summed E-state index contributed by atoms with van der Waals surface area (Å²) < 4.78 is 37.4. The summed E-state index contributed by atoms with van der Waals surface area (Å²) >= 11 is 0. The van der Waals surface area contributed by atoms with E-state index in [0.29, 0.717) is 63.6 Å². The van der Waals surface area contributed by atoms with Crippen molar-refractivity contribution in [2.75, 3.05) is 39.4 Å². The zero-order valence-electron chi connectivity index (χ0n) is 17.0. The van der Waals surface area contributed by atoms with Crippen LogP contribution < -0.4 is 5.32 Å². The maximum absolute atomic E-state index is 12.8. The molecule has 0 unspecified atom stereocenters. The molecule has 2 amide bonds. The van der Waals surface area contributed by atoms with Crippen LogP contribution in [0.2, 0.25) is 0 Å². The highest BCUT2D eigenvalue weighted by molar-refractivity contribution is 7.89. The molecule has 31 heavy (non-hydrogen) atoms. The van der Waals surface area contributed by atoms with Crippen molar-refractivity contribution in [2.45, 2.75) is 23.8 Å². The van der Waals surface area contributed by atoms with Crippen molar-refractivity contribution in [3.63, 3.8) is 0 Å². The van der Waals surface area contributed by atoms with E-state index in [0.717, 1.165) is 0 Å². The van der Waals surface area contributed by atoms with Gasteiger partial charge in [-0.1, -0.05) is 6.07 Å². The Morgan fingerprint density at radius 1 is 1.00 bits per heavy atom. The standard InChI is InChI=1S/C21H25N3O6S/c25-20(22-17-6-8-23(9-7-17)21(26)19-5-2-12-30-19)16-3-1-4-18(15-16)31(27,28)24-10-13-29-14-11-24/h1-5,12,15,17H,6-11,13-14H2,(H,22,25). The number of likely N-dealkylation sites (tertiary alicyclic amines) is 1. The molecule has 1 aromatic carbocycles. The number of carbonyl (C=O) groups is 2. The van der Waals surface area contributed by atoms with Gasteiger partial charge < -0.3 is 19.4 Å². The molecule has 2 aliphatic heterocycles. The first kappa shape index (κ1) is 21.5. The Balaban J connectivity index is 1.36. The van der Waals surface area contributed by atoms with E-state index >= 15 is 0 Å². The number of sulfonamides is 1. The van der Waals surface area contributed by atoms with Gasteiger partial charge in [-0.2, -0.15) is 4.31 Å². The van der Waals surface area contributed by atoms with Crippen LogP contribution in [0.3, 0.4) is 0 Å². The lowest BCUT2D eigenvalue weighted by Gasteiger charge is -2.32. The number of carbonyl (C=O) groups excluding carboxylic acids is 2. The Labute approximate surface area is 181 Å². The second-order valence-corrected chi connectivity index (χ2v) is 9.50. The lowest BCUT2D eigenvalue weighted by atomic mass is 10.0. The van der Waals surface area contributed by atoms with E-state index in [1.165, 1.54) is 22.7 Å². The Kier molecular flexibility index (Phi) is 6.40. The molecule has 0 bridgehead atoms. The molecule has 1 aromatic heterocycles. The fraction of sp³-hybridized carbons (Fsp3) is 0.429. The fourth-order valence-electron chi connectivity index (χ4n) is 3.79. The number of benzene rings is 1. The van der Waals surface area contributed by atoms with E-state index in [2.05, 4.69) is 5.32 Å². The maximum Gasteiger partial charge on any atom is 0.289 e. The molecule has 2 saturated heterocycles. The number of morpholine rings is 1. The molecule has 0 spiro atoms. The molecule has 2 aromatic rings. The molecule has 166 valence electrons. The molecule has 0 aliphatic carbocycles. The molecule has 10 heteroatoms. The van der Waals surface area contributed by atoms with Gasteiger partial charge in [-0.15, -0.1) is 0 Å². The zero-order chi connectivity index (χ0) is 21.8. The van der Waals surface area contributed by atoms with Crippen LogP contribution in [0.5, 0.6) is 0 Å². The van der Waals surface area contributed by atoms with Gasteiger partial charge in [-0.25, -0.2) is 8.42 Å². The largest absolute Gasteiger partial charge is 0.459 e. The van der Waals surface area contributed by atoms with E-state index in [4.69, 9.17) is 9.15 Å². The molecular formula is C21H25N3O6S. The molecule has 3 heterocycles. The van der Waals surface area contributed by atoms with Gasteiger partial charge in [-0.3, -0.25) is 9.59 Å². The SMILES string of the molecule is O=C(NC1CCN(C(=O)c2ccco2)CC1)c1cccc(S(=O)(=O)N2CCOCC2)c1. The van der Waals surface area contributed by atoms with Crippen LogP contribution in [-0.2, 0) is 14.8 Å². The molecule has 2 fully saturated rings. The number of ether oxygens (including phenoxy) is 1. The van der Waals surface area contributed by atoms with Gasteiger partial charge in [0.1, 0.15) is 0 Å². The van der Waals surface area contributed by atoms with Crippen molar-refractivity contribution in [3.05, 3.63) is 54.0 Å². The molecule has 4 rings (SSSR count). The highest BCUT2D eigenvalue weighted by Gasteiger charge is 2.28. The zero-order valence-corrected chi connectivity index (χ0v) is 17.8. The summed E-state index contributed by atoms with van der Waals surface area (Å²) in [5.41, 5.74) is 0.295. The van der Waals surface area contributed by atoms with E-state index in [9.17, 15) is 18.0 Å². The first-order valence-corrected chi connectivity index (χ1v) is 11.7. The molecular weight excluding hydrogens is 422 g/mol. The van der Waals surface area contributed by atoms with Gasteiger partial charge in [0.25, 0.3) is 11.8 Å². The minimum Gasteiger partial charge on any atom is -0.459 e. The normalized spacial score (nSPS) is 18.6. The Morgan fingerprint density at radius 3 is 2.42 bits per heavy atom. The third kappa shape index (κ3) is 4.81. The summed E-state index contributed by atoms with van der Waals surface area (Å²) in [5.74, 6) is -0.175. The molecule has 0 radical (unpaired) electrons. The molecule has 0 saturated carbocycles.